The van der Waals surface area contributed by atoms with E-state index in [1.54, 1.807) is 25.6 Å². The fraction of sp³-hybridized carbons (Fsp3) is 0.333. The first-order valence-corrected chi connectivity index (χ1v) is 10.2. The van der Waals surface area contributed by atoms with E-state index in [1.165, 1.54) is 6.21 Å². The molecule has 0 atom stereocenters. The molecule has 5 N–H and O–H groups in total. The number of hydrogen-bond acceptors (Lipinski definition) is 8. The number of anilines is 1. The normalized spacial score (nSPS) is 14.8. The van der Waals surface area contributed by atoms with Crippen molar-refractivity contribution < 1.29 is 13.6 Å². The Balaban J connectivity index is 1.83. The number of carbonyl (C=O) groups is 1. The van der Waals surface area contributed by atoms with E-state index < -0.39 is 18.9 Å². The number of rotatable bonds is 8. The topological polar surface area (TPSA) is 150 Å². The third-order valence-electron chi connectivity index (χ3n) is 5.16. The predicted molar refractivity (Wildman–Crippen MR) is 120 cm³/mol. The molecule has 1 aliphatic rings. The molecule has 1 saturated carbocycles. The summed E-state index contributed by atoms with van der Waals surface area (Å²) in [6.45, 7) is 0.887. The highest BCUT2D eigenvalue weighted by Crippen LogP contribution is 2.44. The van der Waals surface area contributed by atoms with Gasteiger partial charge in [-0.25, -0.2) is 23.7 Å². The van der Waals surface area contributed by atoms with Gasteiger partial charge >= 0.3 is 0 Å². The van der Waals surface area contributed by atoms with Crippen molar-refractivity contribution in [3.8, 4) is 11.3 Å². The van der Waals surface area contributed by atoms with Gasteiger partial charge in [0.25, 0.3) is 12.3 Å². The number of imidazole rings is 1. The Labute approximate surface area is 187 Å². The molecule has 0 bridgehead atoms. The summed E-state index contributed by atoms with van der Waals surface area (Å²) in [6.07, 6.45) is 5.41. The highest BCUT2D eigenvalue weighted by molar-refractivity contribution is 5.99. The van der Waals surface area contributed by atoms with E-state index in [4.69, 9.17) is 11.5 Å². The molecule has 0 aromatic carbocycles. The molecule has 33 heavy (non-hydrogen) atoms. The zero-order valence-electron chi connectivity index (χ0n) is 18.1. The number of hydrogen-bond donors (Lipinski definition) is 3. The van der Waals surface area contributed by atoms with Gasteiger partial charge in [-0.2, -0.15) is 0 Å². The van der Waals surface area contributed by atoms with Crippen LogP contribution in [0.3, 0.4) is 0 Å². The Hall–Kier alpha value is -3.96. The number of nitrogens with one attached hydrogen (secondary N) is 1. The van der Waals surface area contributed by atoms with Gasteiger partial charge in [0.15, 0.2) is 11.5 Å². The summed E-state index contributed by atoms with van der Waals surface area (Å²) >= 11 is 0. The highest BCUT2D eigenvalue weighted by atomic mass is 19.3. The molecular formula is C21H23F2N9O. The minimum atomic E-state index is -2.59. The lowest BCUT2D eigenvalue weighted by atomic mass is 10.1. The van der Waals surface area contributed by atoms with Gasteiger partial charge in [-0.15, -0.1) is 0 Å². The molecule has 0 spiro atoms. The average Bonchev–Trinajstić information content (AvgIpc) is 3.54. The Morgan fingerprint density at radius 3 is 2.73 bits per heavy atom. The van der Waals surface area contributed by atoms with Crippen molar-refractivity contribution in [2.75, 3.05) is 11.9 Å². The molecular weight excluding hydrogens is 432 g/mol. The third-order valence-corrected chi connectivity index (χ3v) is 5.16. The fourth-order valence-electron chi connectivity index (χ4n) is 3.35. The van der Waals surface area contributed by atoms with E-state index in [2.05, 4.69) is 30.2 Å². The number of halogens is 2. The zero-order chi connectivity index (χ0) is 23.7. The second kappa shape index (κ2) is 8.88. The molecule has 172 valence electrons. The van der Waals surface area contributed by atoms with Gasteiger partial charge in [0.1, 0.15) is 5.52 Å². The maximum Gasteiger partial charge on any atom is 0.271 e. The van der Waals surface area contributed by atoms with Crippen LogP contribution in [-0.2, 0) is 7.05 Å². The predicted octanol–water partition coefficient (Wildman–Crippen LogP) is 2.34. The first kappa shape index (κ1) is 22.2. The molecule has 0 aliphatic heterocycles. The fourth-order valence-corrected chi connectivity index (χ4v) is 3.35. The molecule has 0 saturated heterocycles. The van der Waals surface area contributed by atoms with Crippen LogP contribution in [0.4, 0.5) is 14.6 Å². The molecule has 0 radical (unpaired) electrons. The molecule has 3 aromatic rings. The van der Waals surface area contributed by atoms with Crippen LogP contribution in [0.25, 0.3) is 22.3 Å². The number of alkyl halides is 2. The second-order valence-electron chi connectivity index (χ2n) is 7.81. The van der Waals surface area contributed by atoms with E-state index in [0.717, 1.165) is 18.4 Å². The van der Waals surface area contributed by atoms with E-state index >= 15 is 0 Å². The van der Waals surface area contributed by atoms with Crippen molar-refractivity contribution in [3.05, 3.63) is 41.5 Å². The van der Waals surface area contributed by atoms with Gasteiger partial charge in [0.05, 0.1) is 41.7 Å². The molecule has 3 aromatic heterocycles. The Bertz CT molecular complexity index is 1270. The lowest BCUT2D eigenvalue weighted by molar-refractivity contribution is 0.0996. The number of aromatic nitrogens is 5. The number of nitrogens with two attached hydrogens (primary N) is 2. The number of pyridine rings is 1. The molecule has 1 aliphatic carbocycles. The summed E-state index contributed by atoms with van der Waals surface area (Å²) in [5.74, 6) is -0.584. The minimum absolute atomic E-state index is 0.0811. The molecule has 1 fully saturated rings. The minimum Gasteiger partial charge on any atom is -0.401 e. The van der Waals surface area contributed by atoms with Gasteiger partial charge in [-0.3, -0.25) is 14.8 Å². The van der Waals surface area contributed by atoms with Gasteiger partial charge < -0.3 is 21.4 Å². The van der Waals surface area contributed by atoms with Crippen molar-refractivity contribution >= 4 is 29.0 Å². The first-order chi connectivity index (χ1) is 15.8. The summed E-state index contributed by atoms with van der Waals surface area (Å²) < 4.78 is 26.8. The number of carbonyl (C=O) groups excluding carboxylic acids is 1. The standard InChI is InChI=1S/C21H23F2N9O/c1-10(24)13(6-27-8-15(22)23)29-21-19(20(25)33)30-18(16(31-21)11-3-4-11)12-5-26-7-14-17(12)28-9-32(14)2/h5-7,9,11,15H,3-4,8,24H2,1-2H3,(H2,25,33)(H,29,31). The van der Waals surface area contributed by atoms with Crippen LogP contribution in [0.15, 0.2) is 35.1 Å². The third kappa shape index (κ3) is 4.64. The molecule has 0 unspecified atom stereocenters. The SMILES string of the molecule is CC(N)=C(C=NCC(F)F)Nc1nc(C2CC2)c(-c2cncc3c2ncn3C)nc1C(N)=O. The second-order valence-corrected chi connectivity index (χ2v) is 7.81. The smallest absolute Gasteiger partial charge is 0.271 e. The van der Waals surface area contributed by atoms with Crippen LogP contribution in [0, 0.1) is 0 Å². The molecule has 1 amide bonds. The largest absolute Gasteiger partial charge is 0.401 e. The van der Waals surface area contributed by atoms with Crippen LogP contribution in [0.1, 0.15) is 41.9 Å². The first-order valence-electron chi connectivity index (χ1n) is 10.2. The maximum absolute atomic E-state index is 12.5. The summed E-state index contributed by atoms with van der Waals surface area (Å²) in [5.41, 5.74) is 15.1. The zero-order valence-corrected chi connectivity index (χ0v) is 18.1. The molecule has 12 heteroatoms. The number of amides is 1. The number of aliphatic imine (C=N–C) groups is 1. The van der Waals surface area contributed by atoms with Crippen molar-refractivity contribution in [2.45, 2.75) is 32.1 Å². The van der Waals surface area contributed by atoms with Crippen LogP contribution in [0.2, 0.25) is 0 Å². The van der Waals surface area contributed by atoms with E-state index in [-0.39, 0.29) is 28.8 Å². The lowest BCUT2D eigenvalue weighted by Crippen LogP contribution is -2.21. The quantitative estimate of drug-likeness (QED) is 0.441. The van der Waals surface area contributed by atoms with Crippen molar-refractivity contribution in [1.82, 2.24) is 24.5 Å². The summed E-state index contributed by atoms with van der Waals surface area (Å²) in [7, 11) is 1.86. The number of allylic oxidation sites excluding steroid dienone is 2. The number of aryl methyl sites for hydroxylation is 1. The summed E-state index contributed by atoms with van der Waals surface area (Å²) in [5, 5.41) is 2.90. The number of nitrogens with zero attached hydrogens (tertiary/aromatic N) is 6. The number of primary amides is 1. The number of fused-ring (bicyclic) bond motifs is 1. The lowest BCUT2D eigenvalue weighted by Gasteiger charge is -2.15. The monoisotopic (exact) mass is 455 g/mol. The molecule has 3 heterocycles. The van der Waals surface area contributed by atoms with E-state index in [0.29, 0.717) is 22.5 Å². The molecule has 4 rings (SSSR count). The van der Waals surface area contributed by atoms with E-state index in [1.807, 2.05) is 11.6 Å². The Morgan fingerprint density at radius 2 is 2.09 bits per heavy atom. The van der Waals surface area contributed by atoms with E-state index in [9.17, 15) is 13.6 Å². The summed E-state index contributed by atoms with van der Waals surface area (Å²) in [4.78, 5) is 34.0. The van der Waals surface area contributed by atoms with Crippen molar-refractivity contribution in [2.24, 2.45) is 23.5 Å². The maximum atomic E-state index is 12.5. The Kier molecular flexibility index (Phi) is 5.99. The van der Waals surface area contributed by atoms with Crippen LogP contribution in [-0.4, -0.2) is 49.6 Å². The molecule has 10 nitrogen and oxygen atoms in total. The van der Waals surface area contributed by atoms with Crippen LogP contribution >= 0.6 is 0 Å². The van der Waals surface area contributed by atoms with Crippen molar-refractivity contribution in [1.29, 1.82) is 0 Å². The van der Waals surface area contributed by atoms with Crippen LogP contribution in [0.5, 0.6) is 0 Å². The average molecular weight is 455 g/mol. The summed E-state index contributed by atoms with van der Waals surface area (Å²) in [6, 6.07) is 0. The highest BCUT2D eigenvalue weighted by Gasteiger charge is 2.32. The van der Waals surface area contributed by atoms with Crippen LogP contribution < -0.4 is 16.8 Å². The van der Waals surface area contributed by atoms with Crippen molar-refractivity contribution in [3.63, 3.8) is 0 Å². The van der Waals surface area contributed by atoms with Gasteiger partial charge in [0.2, 0.25) is 0 Å². The Morgan fingerprint density at radius 1 is 1.33 bits per heavy atom. The van der Waals surface area contributed by atoms with Gasteiger partial charge in [0, 0.05) is 36.6 Å². The van der Waals surface area contributed by atoms with Gasteiger partial charge in [-0.1, -0.05) is 0 Å². The van der Waals surface area contributed by atoms with Gasteiger partial charge in [-0.05, 0) is 19.8 Å².